The van der Waals surface area contributed by atoms with Crippen LogP contribution in [0.1, 0.15) is 38.7 Å². The first kappa shape index (κ1) is 17.6. The van der Waals surface area contributed by atoms with E-state index in [4.69, 9.17) is 16.3 Å². The molecule has 1 aliphatic heterocycles. The van der Waals surface area contributed by atoms with Crippen molar-refractivity contribution in [2.45, 2.75) is 33.1 Å². The number of rotatable bonds is 6. The first-order chi connectivity index (χ1) is 11.0. The predicted octanol–water partition coefficient (Wildman–Crippen LogP) is 4.09. The highest BCUT2D eigenvalue weighted by atomic mass is 35.5. The smallest absolute Gasteiger partial charge is 0.334 e. The van der Waals surface area contributed by atoms with Crippen LogP contribution in [0.5, 0.6) is 0 Å². The van der Waals surface area contributed by atoms with E-state index in [9.17, 15) is 9.90 Å². The minimum atomic E-state index is -0.954. The normalized spacial score (nSPS) is 18.2. The molecule has 0 unspecified atom stereocenters. The summed E-state index contributed by atoms with van der Waals surface area (Å²) < 4.78 is 5.56. The number of halogens is 1. The van der Waals surface area contributed by atoms with E-state index in [1.165, 1.54) is 0 Å². The lowest BCUT2D eigenvalue weighted by Gasteiger charge is -2.30. The molecule has 1 heterocycles. The van der Waals surface area contributed by atoms with Crippen LogP contribution >= 0.6 is 11.6 Å². The maximum Gasteiger partial charge on any atom is 0.334 e. The van der Waals surface area contributed by atoms with Crippen LogP contribution in [-0.2, 0) is 9.53 Å². The summed E-state index contributed by atoms with van der Waals surface area (Å²) in [4.78, 5) is 11.9. The molecule has 0 radical (unpaired) electrons. The van der Waals surface area contributed by atoms with Crippen LogP contribution in [0.15, 0.2) is 46.8 Å². The molecule has 0 spiro atoms. The molecule has 0 fully saturated rings. The van der Waals surface area contributed by atoms with Gasteiger partial charge in [-0.05, 0) is 37.5 Å². The van der Waals surface area contributed by atoms with Gasteiger partial charge in [0.25, 0.3) is 0 Å². The molecule has 5 heteroatoms. The lowest BCUT2D eigenvalue weighted by Crippen LogP contribution is -2.30. The number of carboxylic acid groups (broad SMARTS) is 1. The lowest BCUT2D eigenvalue weighted by molar-refractivity contribution is -0.133. The number of dihydropyridines is 1. The Hall–Kier alpha value is -1.78. The van der Waals surface area contributed by atoms with Crippen LogP contribution in [0, 0.1) is 0 Å². The highest BCUT2D eigenvalue weighted by Crippen LogP contribution is 2.40. The second kappa shape index (κ2) is 7.66. The van der Waals surface area contributed by atoms with Crippen molar-refractivity contribution in [3.05, 3.63) is 57.4 Å². The minimum absolute atomic E-state index is 0.251. The molecule has 4 nitrogen and oxygen atoms in total. The molecule has 1 atom stereocenters. The fourth-order valence-electron chi connectivity index (χ4n) is 2.78. The summed E-state index contributed by atoms with van der Waals surface area (Å²) in [7, 11) is 0. The van der Waals surface area contributed by atoms with Gasteiger partial charge in [0.2, 0.25) is 0 Å². The van der Waals surface area contributed by atoms with Gasteiger partial charge in [-0.25, -0.2) is 4.79 Å². The van der Waals surface area contributed by atoms with Gasteiger partial charge in [-0.3, -0.25) is 0 Å². The Bertz CT molecular complexity index is 664. The Morgan fingerprint density at radius 2 is 2.04 bits per heavy atom. The molecular weight excluding hydrogens is 314 g/mol. The largest absolute Gasteiger partial charge is 0.478 e. The molecule has 124 valence electrons. The second-order valence-corrected chi connectivity index (χ2v) is 6.04. The zero-order valence-corrected chi connectivity index (χ0v) is 14.4. The van der Waals surface area contributed by atoms with E-state index in [2.05, 4.69) is 5.32 Å². The van der Waals surface area contributed by atoms with Gasteiger partial charge in [0.05, 0.1) is 17.9 Å². The van der Waals surface area contributed by atoms with E-state index in [1.807, 2.05) is 39.0 Å². The average molecular weight is 336 g/mol. The maximum absolute atomic E-state index is 11.9. The van der Waals surface area contributed by atoms with Crippen molar-refractivity contribution in [1.82, 2.24) is 5.32 Å². The summed E-state index contributed by atoms with van der Waals surface area (Å²) in [6, 6.07) is 7.38. The average Bonchev–Trinajstić information content (AvgIpc) is 2.51. The maximum atomic E-state index is 11.9. The Labute approximate surface area is 141 Å². The van der Waals surface area contributed by atoms with Gasteiger partial charge < -0.3 is 15.2 Å². The molecule has 2 rings (SSSR count). The van der Waals surface area contributed by atoms with Gasteiger partial charge in [0, 0.05) is 23.2 Å². The molecule has 1 aromatic carbocycles. The monoisotopic (exact) mass is 335 g/mol. The van der Waals surface area contributed by atoms with Crippen molar-refractivity contribution < 1.29 is 14.6 Å². The zero-order valence-electron chi connectivity index (χ0n) is 13.6. The van der Waals surface area contributed by atoms with Crippen LogP contribution in [0.25, 0.3) is 0 Å². The molecule has 0 saturated carbocycles. The third-order valence-electron chi connectivity index (χ3n) is 4.02. The van der Waals surface area contributed by atoms with E-state index in [-0.39, 0.29) is 12.5 Å². The van der Waals surface area contributed by atoms with Crippen LogP contribution in [0.3, 0.4) is 0 Å². The standard InChI is InChI=1S/C18H22ClNO3/c1-4-9-23-10-15-17(18(21)22)16(11(2)12(3)20-15)13-7-5-6-8-14(13)19/h5-8,16,20H,4,9-10H2,1-3H3,(H,21,22)/t16-/m0/s1. The number of ether oxygens (including phenoxy) is 1. The van der Waals surface area contributed by atoms with Crippen molar-refractivity contribution in [2.24, 2.45) is 0 Å². The summed E-state index contributed by atoms with van der Waals surface area (Å²) in [5, 5.41) is 13.5. The molecule has 0 aliphatic carbocycles. The fraction of sp³-hybridized carbons (Fsp3) is 0.389. The van der Waals surface area contributed by atoms with Crippen LogP contribution < -0.4 is 5.32 Å². The molecule has 0 saturated heterocycles. The highest BCUT2D eigenvalue weighted by Gasteiger charge is 2.33. The molecule has 0 aromatic heterocycles. The summed E-state index contributed by atoms with van der Waals surface area (Å²) in [6.07, 6.45) is 0.886. The summed E-state index contributed by atoms with van der Waals surface area (Å²) in [5.74, 6) is -1.33. The number of allylic oxidation sites excluding steroid dienone is 2. The topological polar surface area (TPSA) is 58.6 Å². The predicted molar refractivity (Wildman–Crippen MR) is 91.5 cm³/mol. The van der Waals surface area contributed by atoms with Gasteiger partial charge in [0.1, 0.15) is 0 Å². The Morgan fingerprint density at radius 1 is 1.35 bits per heavy atom. The highest BCUT2D eigenvalue weighted by molar-refractivity contribution is 6.31. The van der Waals surface area contributed by atoms with Crippen LogP contribution in [0.2, 0.25) is 5.02 Å². The third-order valence-corrected chi connectivity index (χ3v) is 4.36. The van der Waals surface area contributed by atoms with Crippen molar-refractivity contribution in [2.75, 3.05) is 13.2 Å². The molecule has 0 amide bonds. The van der Waals surface area contributed by atoms with Crippen LogP contribution in [-0.4, -0.2) is 24.3 Å². The molecular formula is C18H22ClNO3. The number of carbonyl (C=O) groups is 1. The minimum Gasteiger partial charge on any atom is -0.478 e. The quantitative estimate of drug-likeness (QED) is 0.769. The fourth-order valence-corrected chi connectivity index (χ4v) is 3.03. The first-order valence-electron chi connectivity index (χ1n) is 7.70. The lowest BCUT2D eigenvalue weighted by atomic mass is 9.81. The zero-order chi connectivity index (χ0) is 17.0. The molecule has 0 bridgehead atoms. The SMILES string of the molecule is CCCOCC1=C(C(=O)O)[C@H](c2ccccc2Cl)C(C)=C(C)N1. The van der Waals surface area contributed by atoms with E-state index >= 15 is 0 Å². The number of nitrogens with one attached hydrogen (secondary N) is 1. The van der Waals surface area contributed by atoms with E-state index < -0.39 is 5.97 Å². The summed E-state index contributed by atoms with van der Waals surface area (Å²) in [6.45, 7) is 6.74. The van der Waals surface area contributed by atoms with E-state index in [1.54, 1.807) is 6.07 Å². The molecule has 1 aliphatic rings. The number of benzene rings is 1. The van der Waals surface area contributed by atoms with Crippen LogP contribution in [0.4, 0.5) is 0 Å². The molecule has 1 aromatic rings. The van der Waals surface area contributed by atoms with Crippen molar-refractivity contribution in [3.8, 4) is 0 Å². The molecule has 23 heavy (non-hydrogen) atoms. The Kier molecular flexibility index (Phi) is 5.85. The summed E-state index contributed by atoms with van der Waals surface area (Å²) >= 11 is 6.33. The van der Waals surface area contributed by atoms with Crippen molar-refractivity contribution >= 4 is 17.6 Å². The van der Waals surface area contributed by atoms with Gasteiger partial charge in [-0.2, -0.15) is 0 Å². The number of hydrogen-bond donors (Lipinski definition) is 2. The summed E-state index contributed by atoms with van der Waals surface area (Å²) in [5.41, 5.74) is 3.60. The van der Waals surface area contributed by atoms with Gasteiger partial charge in [-0.1, -0.05) is 36.7 Å². The van der Waals surface area contributed by atoms with Crippen molar-refractivity contribution in [3.63, 3.8) is 0 Å². The Morgan fingerprint density at radius 3 is 2.65 bits per heavy atom. The first-order valence-corrected chi connectivity index (χ1v) is 8.08. The van der Waals surface area contributed by atoms with E-state index in [0.29, 0.717) is 22.9 Å². The van der Waals surface area contributed by atoms with Gasteiger partial charge in [-0.15, -0.1) is 0 Å². The number of aliphatic carboxylic acids is 1. The van der Waals surface area contributed by atoms with Gasteiger partial charge >= 0.3 is 5.97 Å². The second-order valence-electron chi connectivity index (χ2n) is 5.64. The third kappa shape index (κ3) is 3.77. The Balaban J connectivity index is 2.51. The number of hydrogen-bond acceptors (Lipinski definition) is 3. The van der Waals surface area contributed by atoms with Crippen molar-refractivity contribution in [1.29, 1.82) is 0 Å². The number of carboxylic acids is 1. The molecule has 2 N–H and O–H groups in total. The van der Waals surface area contributed by atoms with Gasteiger partial charge in [0.15, 0.2) is 0 Å². The van der Waals surface area contributed by atoms with E-state index in [0.717, 1.165) is 23.3 Å².